The highest BCUT2D eigenvalue weighted by Gasteiger charge is 2.22. The topological polar surface area (TPSA) is 111 Å². The number of hydrogen-bond acceptors (Lipinski definition) is 8. The second-order valence-electron chi connectivity index (χ2n) is 21.6. The Morgan fingerprint density at radius 1 is 0.353 bits per heavy atom. The van der Waals surface area contributed by atoms with Crippen molar-refractivity contribution in [3.8, 4) is 0 Å². The van der Waals surface area contributed by atoms with E-state index in [4.69, 9.17) is 18.9 Å². The number of esters is 2. The molecule has 9 heteroatoms. The Kier molecular flexibility index (Phi) is 59.3. The van der Waals surface area contributed by atoms with Crippen LogP contribution in [0, 0.1) is 0 Å². The highest BCUT2D eigenvalue weighted by molar-refractivity contribution is 5.70. The molecule has 0 aromatic rings. The van der Waals surface area contributed by atoms with Crippen molar-refractivity contribution in [2.24, 2.45) is 0 Å². The maximum Gasteiger partial charge on any atom is 0.306 e. The molecule has 0 aliphatic rings. The van der Waals surface area contributed by atoms with Gasteiger partial charge in [-0.15, -0.1) is 0 Å². The number of allylic oxidation sites excluding steroid dienone is 34. The lowest BCUT2D eigenvalue weighted by atomic mass is 10.1. The number of aliphatic carboxylic acids is 1. The summed E-state index contributed by atoms with van der Waals surface area (Å²) in [6.45, 7) is 4.41. The number of quaternary nitrogens is 1. The molecule has 0 amide bonds. The van der Waals surface area contributed by atoms with Crippen LogP contribution in [0.25, 0.3) is 0 Å². The molecule has 0 aliphatic carbocycles. The van der Waals surface area contributed by atoms with E-state index in [-0.39, 0.29) is 32.7 Å². The van der Waals surface area contributed by atoms with Crippen molar-refractivity contribution in [3.63, 3.8) is 0 Å². The molecule has 2 unspecified atom stereocenters. The lowest BCUT2D eigenvalue weighted by molar-refractivity contribution is -0.870. The first-order valence-electron chi connectivity index (χ1n) is 32.2. The number of carboxylic acid groups (broad SMARTS) is 1. The molecular weight excluding hydrogens is 1050 g/mol. The van der Waals surface area contributed by atoms with Gasteiger partial charge in [0.1, 0.15) is 13.2 Å². The van der Waals surface area contributed by atoms with Crippen LogP contribution in [0.15, 0.2) is 207 Å². The summed E-state index contributed by atoms with van der Waals surface area (Å²) in [5, 5.41) is 11.8. The van der Waals surface area contributed by atoms with E-state index in [1.54, 1.807) is 0 Å². The summed E-state index contributed by atoms with van der Waals surface area (Å²) >= 11 is 0. The zero-order valence-corrected chi connectivity index (χ0v) is 53.6. The molecule has 0 N–H and O–H groups in total. The van der Waals surface area contributed by atoms with Crippen LogP contribution in [0.1, 0.15) is 194 Å². The molecule has 0 fully saturated rings. The van der Waals surface area contributed by atoms with Gasteiger partial charge in [0.25, 0.3) is 0 Å². The summed E-state index contributed by atoms with van der Waals surface area (Å²) in [5.74, 6) is -2.40. The van der Waals surface area contributed by atoms with Crippen LogP contribution in [-0.4, -0.2) is 82.3 Å². The molecule has 0 rings (SSSR count). The van der Waals surface area contributed by atoms with Crippen LogP contribution in [0.5, 0.6) is 0 Å². The van der Waals surface area contributed by atoms with Gasteiger partial charge in [0.15, 0.2) is 12.4 Å². The van der Waals surface area contributed by atoms with Gasteiger partial charge in [-0.3, -0.25) is 9.59 Å². The van der Waals surface area contributed by atoms with Gasteiger partial charge in [0.2, 0.25) is 0 Å². The average Bonchev–Trinajstić information content (AvgIpc) is 3.49. The molecule has 0 radical (unpaired) electrons. The van der Waals surface area contributed by atoms with E-state index in [0.717, 1.165) is 154 Å². The van der Waals surface area contributed by atoms with Gasteiger partial charge in [-0.2, -0.15) is 0 Å². The van der Waals surface area contributed by atoms with Crippen molar-refractivity contribution >= 4 is 17.9 Å². The van der Waals surface area contributed by atoms with Crippen LogP contribution in [-0.2, 0) is 33.3 Å². The van der Waals surface area contributed by atoms with Crippen LogP contribution in [0.3, 0.4) is 0 Å². The SMILES string of the molecule is CC/C=C\C/C=C\C/C=C\C/C=C\C/C=C\C/C=C\C/C=C\C/C=C\C/C=C\CCCCCC(=O)OC(COC(=O)CCCCCC/C=C\C/C=C\C/C=C\C/C=C\C/C=C\C/C=C\C/C=C\C/C=C\CC)COC(OCC[N+](C)(C)C)C(=O)[O-]. The van der Waals surface area contributed by atoms with Crippen molar-refractivity contribution in [2.75, 3.05) is 47.5 Å². The molecule has 9 nitrogen and oxygen atoms in total. The molecule has 0 spiro atoms. The van der Waals surface area contributed by atoms with E-state index in [9.17, 15) is 19.5 Å². The van der Waals surface area contributed by atoms with Gasteiger partial charge in [0, 0.05) is 12.8 Å². The summed E-state index contributed by atoms with van der Waals surface area (Å²) in [4.78, 5) is 37.4. The number of likely N-dealkylation sites (N-methyl/N-ethyl adjacent to an activating group) is 1. The van der Waals surface area contributed by atoms with Crippen LogP contribution >= 0.6 is 0 Å². The van der Waals surface area contributed by atoms with Gasteiger partial charge in [-0.25, -0.2) is 0 Å². The van der Waals surface area contributed by atoms with Gasteiger partial charge in [-0.1, -0.05) is 240 Å². The molecule has 85 heavy (non-hydrogen) atoms. The predicted octanol–water partition coefficient (Wildman–Crippen LogP) is 18.7. The second-order valence-corrected chi connectivity index (χ2v) is 21.6. The fourth-order valence-corrected chi connectivity index (χ4v) is 7.66. The summed E-state index contributed by atoms with van der Waals surface area (Å²) in [7, 11) is 5.88. The third-order valence-electron chi connectivity index (χ3n) is 12.5. The standard InChI is InChI=1S/C76H115NO8/c1-6-8-10-12-14-16-18-20-22-24-26-28-30-32-34-36-37-39-41-43-45-47-49-51-53-55-57-59-61-63-65-67-74(79)85-72(71-84-76(75(80)81)82-69-68-77(3,4)5)70-83-73(78)66-64-62-60-58-56-54-52-50-48-46-44-42-40-38-35-33-31-29-27-25-23-21-19-17-15-13-11-9-7-2/h8-11,14-17,20-23,26-29,32-35,37,39-40,42-43,45-46,48-49,51-52,54-55,57,72,76H,6-7,12-13,18-19,24-25,30-31,36,38,41,44,47,50,53,56,58-71H2,1-5H3/b10-8-,11-9-,16-14-,17-15-,22-20-,23-21-,28-26-,29-27-,34-32-,35-33-,39-37-,42-40-,45-43-,48-46-,51-49-,54-52-,57-55-. The Bertz CT molecular complexity index is 2140. The van der Waals surface area contributed by atoms with E-state index in [0.29, 0.717) is 23.9 Å². The van der Waals surface area contributed by atoms with Crippen LogP contribution < -0.4 is 5.11 Å². The van der Waals surface area contributed by atoms with Crippen molar-refractivity contribution in [1.82, 2.24) is 0 Å². The van der Waals surface area contributed by atoms with E-state index in [1.165, 1.54) is 0 Å². The summed E-state index contributed by atoms with van der Waals surface area (Å²) < 4.78 is 22.7. The molecule has 0 aromatic carbocycles. The zero-order chi connectivity index (χ0) is 61.9. The summed E-state index contributed by atoms with van der Waals surface area (Å²) in [6.07, 6.45) is 97.4. The van der Waals surface area contributed by atoms with Gasteiger partial charge >= 0.3 is 11.9 Å². The number of nitrogens with zero attached hydrogens (tertiary/aromatic N) is 1. The Balaban J connectivity index is 4.40. The van der Waals surface area contributed by atoms with Crippen LogP contribution in [0.4, 0.5) is 0 Å². The Hall–Kier alpha value is -6.13. The highest BCUT2D eigenvalue weighted by Crippen LogP contribution is 2.12. The molecule has 472 valence electrons. The zero-order valence-electron chi connectivity index (χ0n) is 53.6. The lowest BCUT2D eigenvalue weighted by Crippen LogP contribution is -2.44. The minimum absolute atomic E-state index is 0.123. The Labute approximate surface area is 518 Å². The third kappa shape index (κ3) is 65.3. The Morgan fingerprint density at radius 3 is 0.941 bits per heavy atom. The number of unbranched alkanes of at least 4 members (excludes halogenated alkanes) is 7. The third-order valence-corrected chi connectivity index (χ3v) is 12.5. The number of carbonyl (C=O) groups excluding carboxylic acids is 3. The Morgan fingerprint density at radius 2 is 0.635 bits per heavy atom. The number of ether oxygens (including phenoxy) is 4. The maximum absolute atomic E-state index is 12.9. The molecule has 0 heterocycles. The quantitative estimate of drug-likeness (QED) is 0.0195. The second kappa shape index (κ2) is 63.9. The smallest absolute Gasteiger partial charge is 0.306 e. The minimum atomic E-state index is -1.65. The van der Waals surface area contributed by atoms with E-state index in [1.807, 2.05) is 21.1 Å². The average molecular weight is 1170 g/mol. The highest BCUT2D eigenvalue weighted by atomic mass is 16.7. The normalized spacial score (nSPS) is 14.1. The first kappa shape index (κ1) is 78.9. The molecule has 0 saturated heterocycles. The van der Waals surface area contributed by atoms with E-state index < -0.39 is 30.3 Å². The predicted molar refractivity (Wildman–Crippen MR) is 360 cm³/mol. The maximum atomic E-state index is 12.9. The summed E-state index contributed by atoms with van der Waals surface area (Å²) in [5.41, 5.74) is 0. The van der Waals surface area contributed by atoms with Gasteiger partial charge < -0.3 is 33.3 Å². The van der Waals surface area contributed by atoms with Crippen LogP contribution in [0.2, 0.25) is 0 Å². The lowest BCUT2D eigenvalue weighted by Gasteiger charge is -2.26. The molecule has 0 bridgehead atoms. The number of carbonyl (C=O) groups is 3. The minimum Gasteiger partial charge on any atom is -0.545 e. The van der Waals surface area contributed by atoms with Gasteiger partial charge in [0.05, 0.1) is 40.3 Å². The molecular formula is C76H115NO8. The monoisotopic (exact) mass is 1170 g/mol. The van der Waals surface area contributed by atoms with Crippen molar-refractivity contribution in [1.29, 1.82) is 0 Å². The van der Waals surface area contributed by atoms with Crippen molar-refractivity contribution in [3.05, 3.63) is 207 Å². The fraction of sp³-hybridized carbons (Fsp3) is 0.513. The number of rotatable bonds is 56. The molecule has 2 atom stereocenters. The number of carboxylic acids is 1. The van der Waals surface area contributed by atoms with E-state index in [2.05, 4.69) is 220 Å². The van der Waals surface area contributed by atoms with Crippen molar-refractivity contribution < 1.29 is 42.9 Å². The first-order valence-corrected chi connectivity index (χ1v) is 32.2. The fourth-order valence-electron chi connectivity index (χ4n) is 7.66. The summed E-state index contributed by atoms with van der Waals surface area (Å²) in [6, 6.07) is 0. The molecule has 0 saturated carbocycles. The molecule has 0 aliphatic heterocycles. The number of hydrogen-bond donors (Lipinski definition) is 0. The van der Waals surface area contributed by atoms with Gasteiger partial charge in [-0.05, 0) is 148 Å². The molecule has 0 aromatic heterocycles. The first-order chi connectivity index (χ1) is 41.6. The van der Waals surface area contributed by atoms with E-state index >= 15 is 0 Å². The van der Waals surface area contributed by atoms with Crippen molar-refractivity contribution in [2.45, 2.75) is 206 Å². The largest absolute Gasteiger partial charge is 0.545 e.